The Labute approximate surface area is 88.5 Å². The second-order valence-electron chi connectivity index (χ2n) is 3.14. The summed E-state index contributed by atoms with van der Waals surface area (Å²) < 4.78 is 26.1. The van der Waals surface area contributed by atoms with Crippen molar-refractivity contribution >= 4 is 0 Å². The first-order chi connectivity index (χ1) is 7.19. The summed E-state index contributed by atoms with van der Waals surface area (Å²) in [6.07, 6.45) is 0.509. The van der Waals surface area contributed by atoms with E-state index in [1.54, 1.807) is 14.0 Å². The Hall–Kier alpha value is -1.40. The molecule has 1 unspecified atom stereocenters. The van der Waals surface area contributed by atoms with Crippen molar-refractivity contribution in [1.29, 1.82) is 0 Å². The van der Waals surface area contributed by atoms with Gasteiger partial charge in [-0.2, -0.15) is 0 Å². The van der Waals surface area contributed by atoms with E-state index in [1.165, 1.54) is 12.1 Å². The Kier molecular flexibility index (Phi) is 4.26. The fraction of sp³-hybridized carbons (Fsp3) is 0.333. The van der Waals surface area contributed by atoms with Crippen LogP contribution in [0.15, 0.2) is 18.2 Å². The van der Waals surface area contributed by atoms with E-state index >= 15 is 0 Å². The third kappa shape index (κ3) is 3.03. The van der Waals surface area contributed by atoms with Crippen LogP contribution >= 0.6 is 0 Å². The highest BCUT2D eigenvalue weighted by molar-refractivity contribution is 5.23. The first kappa shape index (κ1) is 11.7. The van der Waals surface area contributed by atoms with Crippen molar-refractivity contribution in [2.24, 2.45) is 0 Å². The molecule has 0 amide bonds. The lowest BCUT2D eigenvalue weighted by Crippen LogP contribution is -2.17. The van der Waals surface area contributed by atoms with Crippen LogP contribution in [0.5, 0.6) is 0 Å². The van der Waals surface area contributed by atoms with Crippen LogP contribution in [0.2, 0.25) is 0 Å². The molecular formula is C12H13F2N. The third-order valence-electron chi connectivity index (χ3n) is 2.17. The predicted molar refractivity (Wildman–Crippen MR) is 56.2 cm³/mol. The number of benzene rings is 1. The Morgan fingerprint density at radius 2 is 2.13 bits per heavy atom. The summed E-state index contributed by atoms with van der Waals surface area (Å²) in [4.78, 5) is 0. The fourth-order valence-electron chi connectivity index (χ4n) is 1.36. The number of hydrogen-bond donors (Lipinski definition) is 1. The highest BCUT2D eigenvalue weighted by Gasteiger charge is 2.13. The maximum Gasteiger partial charge on any atom is 0.130 e. The highest BCUT2D eigenvalue weighted by Crippen LogP contribution is 2.20. The molecule has 0 saturated carbocycles. The lowest BCUT2D eigenvalue weighted by atomic mass is 10.0. The van der Waals surface area contributed by atoms with E-state index in [0.29, 0.717) is 12.0 Å². The van der Waals surface area contributed by atoms with Crippen molar-refractivity contribution in [3.8, 4) is 11.8 Å². The van der Waals surface area contributed by atoms with Gasteiger partial charge in [0, 0.05) is 24.1 Å². The molecule has 1 rings (SSSR count). The smallest absolute Gasteiger partial charge is 0.130 e. The van der Waals surface area contributed by atoms with Crippen LogP contribution < -0.4 is 5.32 Å². The van der Waals surface area contributed by atoms with Gasteiger partial charge < -0.3 is 5.32 Å². The zero-order chi connectivity index (χ0) is 11.3. The van der Waals surface area contributed by atoms with Gasteiger partial charge in [0.2, 0.25) is 0 Å². The Bertz CT molecular complexity index is 390. The average molecular weight is 209 g/mol. The molecule has 0 aromatic heterocycles. The molecule has 15 heavy (non-hydrogen) atoms. The Balaban J connectivity index is 2.94. The molecule has 0 aliphatic heterocycles. The fourth-order valence-corrected chi connectivity index (χ4v) is 1.36. The monoisotopic (exact) mass is 209 g/mol. The van der Waals surface area contributed by atoms with Gasteiger partial charge in [0.15, 0.2) is 0 Å². The molecule has 1 N–H and O–H groups in total. The maximum absolute atomic E-state index is 13.4. The number of rotatable bonds is 3. The van der Waals surface area contributed by atoms with E-state index in [0.717, 1.165) is 6.07 Å². The van der Waals surface area contributed by atoms with Gasteiger partial charge in [0.25, 0.3) is 0 Å². The molecule has 1 atom stereocenters. The minimum Gasteiger partial charge on any atom is -0.312 e. The van der Waals surface area contributed by atoms with Crippen molar-refractivity contribution in [2.75, 3.05) is 7.05 Å². The minimum absolute atomic E-state index is 0.196. The molecule has 0 spiro atoms. The van der Waals surface area contributed by atoms with Crippen LogP contribution in [0.25, 0.3) is 0 Å². The van der Waals surface area contributed by atoms with Crippen LogP contribution in [-0.4, -0.2) is 7.05 Å². The van der Waals surface area contributed by atoms with Crippen molar-refractivity contribution in [3.63, 3.8) is 0 Å². The van der Waals surface area contributed by atoms with Gasteiger partial charge in [-0.1, -0.05) is 6.07 Å². The predicted octanol–water partition coefficient (Wildman–Crippen LogP) is 2.64. The van der Waals surface area contributed by atoms with E-state index in [9.17, 15) is 8.78 Å². The molecule has 80 valence electrons. The van der Waals surface area contributed by atoms with Crippen LogP contribution in [0.1, 0.15) is 24.9 Å². The largest absolute Gasteiger partial charge is 0.312 e. The molecule has 1 aromatic carbocycles. The highest BCUT2D eigenvalue weighted by atomic mass is 19.1. The summed E-state index contributed by atoms with van der Waals surface area (Å²) in [6.45, 7) is 1.73. The van der Waals surface area contributed by atoms with Gasteiger partial charge in [-0.15, -0.1) is 11.8 Å². The first-order valence-electron chi connectivity index (χ1n) is 4.71. The molecule has 0 aliphatic carbocycles. The summed E-state index contributed by atoms with van der Waals surface area (Å²) in [6, 6.07) is 3.39. The van der Waals surface area contributed by atoms with E-state index in [1.807, 2.05) is 0 Å². The maximum atomic E-state index is 13.4. The quantitative estimate of drug-likeness (QED) is 0.754. The van der Waals surface area contributed by atoms with Crippen molar-refractivity contribution in [1.82, 2.24) is 5.32 Å². The molecule has 0 bridgehead atoms. The topological polar surface area (TPSA) is 12.0 Å². The summed E-state index contributed by atoms with van der Waals surface area (Å²) in [5.41, 5.74) is 0.446. The molecule has 3 heteroatoms. The van der Waals surface area contributed by atoms with E-state index in [-0.39, 0.29) is 6.04 Å². The van der Waals surface area contributed by atoms with Crippen LogP contribution in [0.4, 0.5) is 8.78 Å². The molecule has 0 saturated heterocycles. The van der Waals surface area contributed by atoms with E-state index in [4.69, 9.17) is 0 Å². The number of nitrogens with one attached hydrogen (secondary N) is 1. The Morgan fingerprint density at radius 3 is 2.67 bits per heavy atom. The zero-order valence-corrected chi connectivity index (χ0v) is 8.77. The lowest BCUT2D eigenvalue weighted by Gasteiger charge is -2.14. The summed E-state index contributed by atoms with van der Waals surface area (Å²) in [5.74, 6) is 4.52. The Morgan fingerprint density at radius 1 is 1.40 bits per heavy atom. The molecule has 0 aliphatic rings. The zero-order valence-electron chi connectivity index (χ0n) is 8.77. The molecule has 1 nitrogen and oxygen atoms in total. The van der Waals surface area contributed by atoms with Crippen molar-refractivity contribution in [2.45, 2.75) is 19.4 Å². The van der Waals surface area contributed by atoms with Crippen LogP contribution in [0, 0.1) is 23.5 Å². The van der Waals surface area contributed by atoms with Gasteiger partial charge >= 0.3 is 0 Å². The minimum atomic E-state index is -0.562. The first-order valence-corrected chi connectivity index (χ1v) is 4.71. The van der Waals surface area contributed by atoms with Crippen LogP contribution in [-0.2, 0) is 0 Å². The van der Waals surface area contributed by atoms with Gasteiger partial charge in [-0.25, -0.2) is 8.78 Å². The second-order valence-corrected chi connectivity index (χ2v) is 3.14. The summed E-state index contributed by atoms with van der Waals surface area (Å²) in [5, 5.41) is 2.95. The molecular weight excluding hydrogens is 196 g/mol. The molecule has 1 aromatic rings. The van der Waals surface area contributed by atoms with Gasteiger partial charge in [0.1, 0.15) is 11.6 Å². The SMILES string of the molecule is CC#CCC(NC)c1ccc(F)cc1F. The number of hydrogen-bond acceptors (Lipinski definition) is 1. The standard InChI is InChI=1S/C12H13F2N/c1-3-4-5-12(15-2)10-7-6-9(13)8-11(10)14/h6-8,12,15H,5H2,1-2H3. The van der Waals surface area contributed by atoms with Crippen molar-refractivity contribution in [3.05, 3.63) is 35.4 Å². The summed E-state index contributed by atoms with van der Waals surface area (Å²) >= 11 is 0. The molecule has 0 fully saturated rings. The normalized spacial score (nSPS) is 11.7. The lowest BCUT2D eigenvalue weighted by molar-refractivity contribution is 0.529. The van der Waals surface area contributed by atoms with E-state index in [2.05, 4.69) is 17.2 Å². The van der Waals surface area contributed by atoms with Crippen molar-refractivity contribution < 1.29 is 8.78 Å². The van der Waals surface area contributed by atoms with Gasteiger partial charge in [0.05, 0.1) is 0 Å². The number of halogens is 2. The summed E-state index contributed by atoms with van der Waals surface area (Å²) in [7, 11) is 1.73. The van der Waals surface area contributed by atoms with Crippen LogP contribution in [0.3, 0.4) is 0 Å². The molecule has 0 heterocycles. The van der Waals surface area contributed by atoms with Gasteiger partial charge in [-0.3, -0.25) is 0 Å². The third-order valence-corrected chi connectivity index (χ3v) is 2.17. The average Bonchev–Trinajstić information content (AvgIpc) is 2.21. The second kappa shape index (κ2) is 5.47. The van der Waals surface area contributed by atoms with Gasteiger partial charge in [-0.05, 0) is 20.0 Å². The molecule has 0 radical (unpaired) electrons. The van der Waals surface area contributed by atoms with E-state index < -0.39 is 11.6 Å².